The Balaban J connectivity index is 1.76. The van der Waals surface area contributed by atoms with Crippen molar-refractivity contribution in [2.24, 2.45) is 11.8 Å². The molecule has 1 aromatic rings. The van der Waals surface area contributed by atoms with Gasteiger partial charge in [0.1, 0.15) is 0 Å². The van der Waals surface area contributed by atoms with Crippen LogP contribution in [0.2, 0.25) is 0 Å². The first-order valence-electron chi connectivity index (χ1n) is 8.15. The minimum Gasteiger partial charge on any atom is -0.356 e. The molecule has 1 aliphatic heterocycles. The number of nitrogens with one attached hydrogen (secondary N) is 1. The highest BCUT2D eigenvalue weighted by Crippen LogP contribution is 2.18. The quantitative estimate of drug-likeness (QED) is 0.840. The van der Waals surface area contributed by atoms with E-state index in [-0.39, 0.29) is 17.7 Å². The average Bonchev–Trinajstić information content (AvgIpc) is 2.87. The van der Waals surface area contributed by atoms with Crippen LogP contribution in [0.3, 0.4) is 0 Å². The summed E-state index contributed by atoms with van der Waals surface area (Å²) < 4.78 is 0. The molecule has 0 unspecified atom stereocenters. The van der Waals surface area contributed by atoms with Crippen molar-refractivity contribution in [2.75, 3.05) is 19.6 Å². The van der Waals surface area contributed by atoms with Crippen LogP contribution in [-0.4, -0.2) is 36.3 Å². The largest absolute Gasteiger partial charge is 0.356 e. The zero-order chi connectivity index (χ0) is 15.9. The highest BCUT2D eigenvalue weighted by Gasteiger charge is 2.33. The Morgan fingerprint density at radius 1 is 1.32 bits per heavy atom. The molecule has 1 aromatic carbocycles. The molecule has 22 heavy (non-hydrogen) atoms. The normalized spacial score (nSPS) is 18.0. The maximum Gasteiger partial charge on any atom is 0.225 e. The van der Waals surface area contributed by atoms with Crippen molar-refractivity contribution in [3.63, 3.8) is 0 Å². The molecular weight excluding hydrogens is 276 g/mol. The molecule has 1 N–H and O–H groups in total. The van der Waals surface area contributed by atoms with Gasteiger partial charge in [-0.15, -0.1) is 0 Å². The van der Waals surface area contributed by atoms with E-state index in [4.69, 9.17) is 0 Å². The van der Waals surface area contributed by atoms with Crippen LogP contribution in [0.15, 0.2) is 30.3 Å². The van der Waals surface area contributed by atoms with Gasteiger partial charge in [-0.25, -0.2) is 0 Å². The van der Waals surface area contributed by atoms with Gasteiger partial charge in [-0.2, -0.15) is 0 Å². The van der Waals surface area contributed by atoms with Crippen molar-refractivity contribution in [1.29, 1.82) is 0 Å². The third kappa shape index (κ3) is 4.86. The fraction of sp³-hybridized carbons (Fsp3) is 0.556. The van der Waals surface area contributed by atoms with Gasteiger partial charge in [0.05, 0.1) is 5.92 Å². The molecule has 0 aliphatic carbocycles. The number of amides is 2. The van der Waals surface area contributed by atoms with Gasteiger partial charge in [-0.05, 0) is 24.3 Å². The molecule has 2 amide bonds. The molecule has 0 bridgehead atoms. The fourth-order valence-electron chi connectivity index (χ4n) is 2.70. The van der Waals surface area contributed by atoms with E-state index in [1.54, 1.807) is 0 Å². The van der Waals surface area contributed by atoms with Crippen molar-refractivity contribution in [1.82, 2.24) is 10.2 Å². The third-order valence-electron chi connectivity index (χ3n) is 4.12. The predicted octanol–water partition coefficient (Wildman–Crippen LogP) is 2.24. The third-order valence-corrected chi connectivity index (χ3v) is 4.12. The molecule has 2 rings (SSSR count). The van der Waals surface area contributed by atoms with Crippen LogP contribution >= 0.6 is 0 Å². The SMILES string of the molecule is CC(C)CCNC(=O)[C@H]1CC(=O)N(CCc2ccccc2)C1. The number of hydrogen-bond donors (Lipinski definition) is 1. The van der Waals surface area contributed by atoms with E-state index in [0.29, 0.717) is 32.0 Å². The van der Waals surface area contributed by atoms with Crippen LogP contribution in [0.5, 0.6) is 0 Å². The van der Waals surface area contributed by atoms with Crippen LogP contribution in [0.25, 0.3) is 0 Å². The lowest BCUT2D eigenvalue weighted by Gasteiger charge is -2.16. The van der Waals surface area contributed by atoms with E-state index < -0.39 is 0 Å². The summed E-state index contributed by atoms with van der Waals surface area (Å²) in [7, 11) is 0. The first-order chi connectivity index (χ1) is 10.6. The summed E-state index contributed by atoms with van der Waals surface area (Å²) in [4.78, 5) is 26.0. The second kappa shape index (κ2) is 7.97. The van der Waals surface area contributed by atoms with Gasteiger partial charge in [0.2, 0.25) is 11.8 Å². The number of carbonyl (C=O) groups is 2. The second-order valence-electron chi connectivity index (χ2n) is 6.45. The maximum atomic E-state index is 12.1. The smallest absolute Gasteiger partial charge is 0.225 e. The summed E-state index contributed by atoms with van der Waals surface area (Å²) in [6.07, 6.45) is 2.17. The van der Waals surface area contributed by atoms with Gasteiger partial charge in [0.15, 0.2) is 0 Å². The van der Waals surface area contributed by atoms with Gasteiger partial charge >= 0.3 is 0 Å². The topological polar surface area (TPSA) is 49.4 Å². The number of hydrogen-bond acceptors (Lipinski definition) is 2. The molecule has 0 aromatic heterocycles. The lowest BCUT2D eigenvalue weighted by Crippen LogP contribution is -2.34. The van der Waals surface area contributed by atoms with E-state index in [1.165, 1.54) is 5.56 Å². The van der Waals surface area contributed by atoms with Crippen molar-refractivity contribution in [3.05, 3.63) is 35.9 Å². The lowest BCUT2D eigenvalue weighted by molar-refractivity contribution is -0.129. The molecule has 1 saturated heterocycles. The molecule has 120 valence electrons. The second-order valence-corrected chi connectivity index (χ2v) is 6.45. The molecule has 1 fully saturated rings. The van der Waals surface area contributed by atoms with Gasteiger partial charge in [0.25, 0.3) is 0 Å². The van der Waals surface area contributed by atoms with Crippen LogP contribution in [0.1, 0.15) is 32.3 Å². The van der Waals surface area contributed by atoms with E-state index >= 15 is 0 Å². The zero-order valence-corrected chi connectivity index (χ0v) is 13.5. The van der Waals surface area contributed by atoms with E-state index in [2.05, 4.69) is 31.3 Å². The minimum absolute atomic E-state index is 0.0243. The summed E-state index contributed by atoms with van der Waals surface area (Å²) >= 11 is 0. The van der Waals surface area contributed by atoms with Gasteiger partial charge < -0.3 is 10.2 Å². The van der Waals surface area contributed by atoms with Gasteiger partial charge in [-0.3, -0.25) is 9.59 Å². The van der Waals surface area contributed by atoms with Crippen molar-refractivity contribution in [3.8, 4) is 0 Å². The van der Waals surface area contributed by atoms with E-state index in [9.17, 15) is 9.59 Å². The minimum atomic E-state index is -0.185. The lowest BCUT2D eigenvalue weighted by atomic mass is 10.1. The number of rotatable bonds is 7. The molecule has 4 nitrogen and oxygen atoms in total. The first kappa shape index (κ1) is 16.5. The molecule has 0 spiro atoms. The first-order valence-corrected chi connectivity index (χ1v) is 8.15. The summed E-state index contributed by atoms with van der Waals surface area (Å²) in [5, 5.41) is 2.95. The monoisotopic (exact) mass is 302 g/mol. The van der Waals surface area contributed by atoms with Crippen LogP contribution in [0, 0.1) is 11.8 Å². The Labute approximate surface area is 132 Å². The summed E-state index contributed by atoms with van der Waals surface area (Å²) in [6, 6.07) is 10.1. The zero-order valence-electron chi connectivity index (χ0n) is 13.5. The number of nitrogens with zero attached hydrogens (tertiary/aromatic N) is 1. The van der Waals surface area contributed by atoms with Crippen molar-refractivity contribution >= 4 is 11.8 Å². The average molecular weight is 302 g/mol. The molecular formula is C18H26N2O2. The summed E-state index contributed by atoms with van der Waals surface area (Å²) in [6.45, 7) is 6.22. The Hall–Kier alpha value is -1.84. The number of benzene rings is 1. The van der Waals surface area contributed by atoms with E-state index in [1.807, 2.05) is 23.1 Å². The van der Waals surface area contributed by atoms with E-state index in [0.717, 1.165) is 12.8 Å². The fourth-order valence-corrected chi connectivity index (χ4v) is 2.70. The Morgan fingerprint density at radius 3 is 2.73 bits per heavy atom. The molecule has 4 heteroatoms. The molecule has 1 heterocycles. The highest BCUT2D eigenvalue weighted by atomic mass is 16.2. The Morgan fingerprint density at radius 2 is 2.05 bits per heavy atom. The maximum absolute atomic E-state index is 12.1. The Kier molecular flexibility index (Phi) is 5.99. The van der Waals surface area contributed by atoms with Crippen molar-refractivity contribution in [2.45, 2.75) is 33.1 Å². The molecule has 0 saturated carbocycles. The van der Waals surface area contributed by atoms with Crippen molar-refractivity contribution < 1.29 is 9.59 Å². The summed E-state index contributed by atoms with van der Waals surface area (Å²) in [5.41, 5.74) is 1.22. The van der Waals surface area contributed by atoms with Crippen LogP contribution < -0.4 is 5.32 Å². The molecule has 1 atom stereocenters. The van der Waals surface area contributed by atoms with Gasteiger partial charge in [0, 0.05) is 26.1 Å². The Bertz CT molecular complexity index is 499. The number of likely N-dealkylation sites (tertiary alicyclic amines) is 1. The standard InChI is InChI=1S/C18H26N2O2/c1-14(2)8-10-19-18(22)16-12-17(21)20(13-16)11-9-15-6-4-3-5-7-15/h3-7,14,16H,8-13H2,1-2H3,(H,19,22)/t16-/m0/s1. The van der Waals surface area contributed by atoms with Crippen LogP contribution in [-0.2, 0) is 16.0 Å². The number of carbonyl (C=O) groups excluding carboxylic acids is 2. The molecule has 0 radical (unpaired) electrons. The van der Waals surface area contributed by atoms with Gasteiger partial charge in [-0.1, -0.05) is 44.2 Å². The highest BCUT2D eigenvalue weighted by molar-refractivity contribution is 5.89. The van der Waals surface area contributed by atoms with Crippen LogP contribution in [0.4, 0.5) is 0 Å². The predicted molar refractivity (Wildman–Crippen MR) is 87.3 cm³/mol. The summed E-state index contributed by atoms with van der Waals surface area (Å²) in [5.74, 6) is 0.513. The molecule has 1 aliphatic rings.